The number of rotatable bonds is 6. The molecule has 0 aromatic heterocycles. The lowest BCUT2D eigenvalue weighted by Crippen LogP contribution is -2.35. The molecule has 0 aliphatic carbocycles. The molecule has 0 fully saturated rings. The molecule has 1 atom stereocenters. The summed E-state index contributed by atoms with van der Waals surface area (Å²) in [6.07, 6.45) is -0.947. The first kappa shape index (κ1) is 16.5. The molecule has 7 nitrogen and oxygen atoms in total. The van der Waals surface area contributed by atoms with Gasteiger partial charge in [-0.25, -0.2) is 13.1 Å². The van der Waals surface area contributed by atoms with Crippen LogP contribution in [-0.4, -0.2) is 31.1 Å². The van der Waals surface area contributed by atoms with Crippen molar-refractivity contribution in [2.75, 3.05) is 6.54 Å². The smallest absolute Gasteiger partial charge is 0.324 e. The van der Waals surface area contributed by atoms with E-state index in [0.717, 1.165) is 18.2 Å². The average molecular weight is 306 g/mol. The van der Waals surface area contributed by atoms with Gasteiger partial charge in [0.15, 0.2) is 4.90 Å². The van der Waals surface area contributed by atoms with Gasteiger partial charge >= 0.3 is 5.69 Å². The molecule has 20 heavy (non-hydrogen) atoms. The van der Waals surface area contributed by atoms with Crippen LogP contribution in [0.5, 0.6) is 0 Å². The Labute approximate surface area is 115 Å². The molecule has 0 radical (unpaired) electrons. The number of halogens is 1. The third kappa shape index (κ3) is 3.71. The topological polar surface area (TPSA) is 110 Å². The van der Waals surface area contributed by atoms with Crippen molar-refractivity contribution in [3.05, 3.63) is 34.1 Å². The van der Waals surface area contributed by atoms with Gasteiger partial charge in [0.05, 0.1) is 11.0 Å². The summed E-state index contributed by atoms with van der Waals surface area (Å²) in [7, 11) is -4.28. The monoisotopic (exact) mass is 306 g/mol. The number of aliphatic hydroxyl groups is 1. The number of benzene rings is 1. The zero-order valence-corrected chi connectivity index (χ0v) is 11.7. The fourth-order valence-corrected chi connectivity index (χ4v) is 2.63. The maximum Gasteiger partial charge on any atom is 0.324 e. The van der Waals surface area contributed by atoms with E-state index in [0.29, 0.717) is 0 Å². The van der Waals surface area contributed by atoms with Crippen LogP contribution in [0.4, 0.5) is 10.1 Å². The summed E-state index contributed by atoms with van der Waals surface area (Å²) in [4.78, 5) is 8.90. The molecule has 2 N–H and O–H groups in total. The second-order valence-corrected chi connectivity index (χ2v) is 6.24. The predicted molar refractivity (Wildman–Crippen MR) is 69.1 cm³/mol. The van der Waals surface area contributed by atoms with E-state index in [-0.39, 0.29) is 12.5 Å². The molecule has 0 heterocycles. The maximum absolute atomic E-state index is 13.4. The summed E-state index contributed by atoms with van der Waals surface area (Å²) < 4.78 is 39.3. The number of sulfonamides is 1. The van der Waals surface area contributed by atoms with Crippen molar-refractivity contribution in [3.63, 3.8) is 0 Å². The molecular weight excluding hydrogens is 291 g/mol. The fourth-order valence-electron chi connectivity index (χ4n) is 1.40. The van der Waals surface area contributed by atoms with Gasteiger partial charge in [0.1, 0.15) is 0 Å². The number of aliphatic hydroxyl groups excluding tert-OH is 1. The standard InChI is InChI=1S/C11H15FN2O5S/c1-7(2)9(15)6-13-20(18,19)10-5-3-4-8(12)11(10)14(16)17/h3-5,7,9,13,15H,6H2,1-2H3. The molecule has 1 aromatic carbocycles. The zero-order chi connectivity index (χ0) is 15.5. The van der Waals surface area contributed by atoms with Gasteiger partial charge in [-0.2, -0.15) is 4.39 Å². The summed E-state index contributed by atoms with van der Waals surface area (Å²) >= 11 is 0. The van der Waals surface area contributed by atoms with Crippen LogP contribution in [0, 0.1) is 21.8 Å². The van der Waals surface area contributed by atoms with Crippen LogP contribution in [-0.2, 0) is 10.0 Å². The molecular formula is C11H15FN2O5S. The highest BCUT2D eigenvalue weighted by Crippen LogP contribution is 2.26. The number of nitrogens with one attached hydrogen (secondary N) is 1. The third-order valence-electron chi connectivity index (χ3n) is 2.67. The molecule has 0 aliphatic rings. The molecule has 1 rings (SSSR count). The van der Waals surface area contributed by atoms with E-state index in [9.17, 15) is 28.0 Å². The molecule has 0 saturated carbocycles. The minimum atomic E-state index is -4.28. The van der Waals surface area contributed by atoms with Crippen molar-refractivity contribution in [1.29, 1.82) is 0 Å². The Balaban J connectivity index is 3.11. The molecule has 0 aliphatic heterocycles. The zero-order valence-electron chi connectivity index (χ0n) is 10.9. The third-order valence-corrected chi connectivity index (χ3v) is 4.13. The van der Waals surface area contributed by atoms with Gasteiger partial charge in [0, 0.05) is 6.54 Å². The lowest BCUT2D eigenvalue weighted by atomic mass is 10.1. The SMILES string of the molecule is CC(C)C(O)CNS(=O)(=O)c1cccc(F)c1[N+](=O)[O-]. The number of para-hydroxylation sites is 1. The summed E-state index contributed by atoms with van der Waals surface area (Å²) in [5, 5.41) is 20.3. The largest absolute Gasteiger partial charge is 0.391 e. The van der Waals surface area contributed by atoms with E-state index in [2.05, 4.69) is 0 Å². The van der Waals surface area contributed by atoms with E-state index < -0.39 is 37.5 Å². The summed E-state index contributed by atoms with van der Waals surface area (Å²) in [6.45, 7) is 3.06. The van der Waals surface area contributed by atoms with Gasteiger partial charge in [0.25, 0.3) is 0 Å². The van der Waals surface area contributed by atoms with Crippen LogP contribution in [0.3, 0.4) is 0 Å². The van der Waals surface area contributed by atoms with Gasteiger partial charge in [-0.3, -0.25) is 10.1 Å². The average Bonchev–Trinajstić information content (AvgIpc) is 2.35. The normalized spacial score (nSPS) is 13.4. The second-order valence-electron chi connectivity index (χ2n) is 4.51. The molecule has 1 unspecified atom stereocenters. The molecule has 0 bridgehead atoms. The molecule has 0 amide bonds. The Hall–Kier alpha value is -1.58. The Morgan fingerprint density at radius 1 is 1.45 bits per heavy atom. The Bertz CT molecular complexity index is 603. The van der Waals surface area contributed by atoms with Crippen molar-refractivity contribution in [2.45, 2.75) is 24.8 Å². The number of hydrogen-bond donors (Lipinski definition) is 2. The van der Waals surface area contributed by atoms with Crippen LogP contribution in [0.15, 0.2) is 23.1 Å². The van der Waals surface area contributed by atoms with Crippen molar-refractivity contribution >= 4 is 15.7 Å². The van der Waals surface area contributed by atoms with Crippen molar-refractivity contribution in [2.24, 2.45) is 5.92 Å². The summed E-state index contributed by atoms with van der Waals surface area (Å²) in [6, 6.07) is 2.81. The van der Waals surface area contributed by atoms with E-state index in [1.165, 1.54) is 0 Å². The second kappa shape index (κ2) is 6.25. The number of hydrogen-bond acceptors (Lipinski definition) is 5. The Morgan fingerprint density at radius 3 is 2.55 bits per heavy atom. The van der Waals surface area contributed by atoms with Gasteiger partial charge in [0.2, 0.25) is 15.8 Å². The molecule has 0 spiro atoms. The number of nitro groups is 1. The summed E-state index contributed by atoms with van der Waals surface area (Å²) in [5.74, 6) is -1.43. The van der Waals surface area contributed by atoms with Gasteiger partial charge < -0.3 is 5.11 Å². The van der Waals surface area contributed by atoms with Crippen LogP contribution in [0.2, 0.25) is 0 Å². The van der Waals surface area contributed by atoms with Gasteiger partial charge in [-0.15, -0.1) is 0 Å². The first-order valence-electron chi connectivity index (χ1n) is 5.77. The van der Waals surface area contributed by atoms with Gasteiger partial charge in [-0.05, 0) is 18.1 Å². The van der Waals surface area contributed by atoms with E-state index >= 15 is 0 Å². The van der Waals surface area contributed by atoms with Gasteiger partial charge in [-0.1, -0.05) is 19.9 Å². The number of nitro benzene ring substituents is 1. The highest BCUT2D eigenvalue weighted by Gasteiger charge is 2.29. The molecule has 112 valence electrons. The van der Waals surface area contributed by atoms with Crippen molar-refractivity contribution in [3.8, 4) is 0 Å². The Morgan fingerprint density at radius 2 is 2.05 bits per heavy atom. The lowest BCUT2D eigenvalue weighted by Gasteiger charge is -2.15. The lowest BCUT2D eigenvalue weighted by molar-refractivity contribution is -0.390. The highest BCUT2D eigenvalue weighted by atomic mass is 32.2. The van der Waals surface area contributed by atoms with Crippen LogP contribution in [0.25, 0.3) is 0 Å². The Kier molecular flexibility index (Phi) is 5.15. The quantitative estimate of drug-likeness (QED) is 0.602. The van der Waals surface area contributed by atoms with Crippen molar-refractivity contribution in [1.82, 2.24) is 4.72 Å². The minimum Gasteiger partial charge on any atom is -0.391 e. The molecule has 0 saturated heterocycles. The maximum atomic E-state index is 13.4. The van der Waals surface area contributed by atoms with Crippen LogP contribution < -0.4 is 4.72 Å². The first-order chi connectivity index (χ1) is 9.16. The molecule has 9 heteroatoms. The minimum absolute atomic E-state index is 0.194. The van der Waals surface area contributed by atoms with E-state index in [1.807, 2.05) is 4.72 Å². The predicted octanol–water partition coefficient (Wildman–Crippen LogP) is 1.03. The first-order valence-corrected chi connectivity index (χ1v) is 7.25. The highest BCUT2D eigenvalue weighted by molar-refractivity contribution is 7.89. The van der Waals surface area contributed by atoms with E-state index in [4.69, 9.17) is 0 Å². The summed E-state index contributed by atoms with van der Waals surface area (Å²) in [5.41, 5.74) is -1.11. The van der Waals surface area contributed by atoms with Crippen LogP contribution in [0.1, 0.15) is 13.8 Å². The van der Waals surface area contributed by atoms with E-state index in [1.54, 1.807) is 13.8 Å². The van der Waals surface area contributed by atoms with Crippen molar-refractivity contribution < 1.29 is 22.8 Å². The van der Waals surface area contributed by atoms with Crippen LogP contribution >= 0.6 is 0 Å². The molecule has 1 aromatic rings. The number of nitrogens with zero attached hydrogens (tertiary/aromatic N) is 1. The fraction of sp³-hybridized carbons (Fsp3) is 0.455.